The van der Waals surface area contributed by atoms with E-state index in [9.17, 15) is 0 Å². The molecule has 2 aromatic rings. The molecule has 0 spiro atoms. The minimum Gasteiger partial charge on any atom is -0.388 e. The standard InChI is InChI=1S/C14H18N2/c1-10(2)8-11-9-14(15-3)12-6-4-5-7-13(12)16-11/h4-7,9-10H,8H2,1-3H3,(H,15,16). The first kappa shape index (κ1) is 10.9. The van der Waals surface area contributed by atoms with Gasteiger partial charge in [-0.2, -0.15) is 0 Å². The van der Waals surface area contributed by atoms with Crippen LogP contribution < -0.4 is 5.32 Å². The topological polar surface area (TPSA) is 24.9 Å². The predicted octanol–water partition coefficient (Wildman–Crippen LogP) is 3.48. The van der Waals surface area contributed by atoms with E-state index in [4.69, 9.17) is 0 Å². The van der Waals surface area contributed by atoms with Gasteiger partial charge in [-0.3, -0.25) is 4.98 Å². The molecule has 0 saturated heterocycles. The van der Waals surface area contributed by atoms with Crippen LogP contribution in [-0.4, -0.2) is 12.0 Å². The number of hydrogen-bond donors (Lipinski definition) is 1. The fourth-order valence-electron chi connectivity index (χ4n) is 1.96. The molecule has 1 N–H and O–H groups in total. The maximum absolute atomic E-state index is 4.68. The number of benzene rings is 1. The summed E-state index contributed by atoms with van der Waals surface area (Å²) in [6.07, 6.45) is 1.03. The van der Waals surface area contributed by atoms with Crippen LogP contribution in [0.15, 0.2) is 30.3 Å². The molecule has 0 aliphatic rings. The third-order valence-corrected chi connectivity index (χ3v) is 2.66. The molecule has 1 heterocycles. The van der Waals surface area contributed by atoms with E-state index in [-0.39, 0.29) is 0 Å². The van der Waals surface area contributed by atoms with Gasteiger partial charge in [-0.15, -0.1) is 0 Å². The molecule has 0 unspecified atom stereocenters. The van der Waals surface area contributed by atoms with Gasteiger partial charge in [-0.1, -0.05) is 32.0 Å². The zero-order valence-electron chi connectivity index (χ0n) is 10.1. The molecule has 0 bridgehead atoms. The van der Waals surface area contributed by atoms with Crippen LogP contribution in [0.3, 0.4) is 0 Å². The number of nitrogens with zero attached hydrogens (tertiary/aromatic N) is 1. The van der Waals surface area contributed by atoms with Gasteiger partial charge in [0.2, 0.25) is 0 Å². The van der Waals surface area contributed by atoms with Crippen LogP contribution >= 0.6 is 0 Å². The van der Waals surface area contributed by atoms with Gasteiger partial charge in [0.15, 0.2) is 0 Å². The van der Waals surface area contributed by atoms with E-state index >= 15 is 0 Å². The SMILES string of the molecule is CNc1cc(CC(C)C)nc2ccccc12. The van der Waals surface area contributed by atoms with Crippen molar-refractivity contribution in [1.29, 1.82) is 0 Å². The Balaban J connectivity index is 2.54. The predicted molar refractivity (Wildman–Crippen MR) is 69.8 cm³/mol. The van der Waals surface area contributed by atoms with E-state index in [1.54, 1.807) is 0 Å². The van der Waals surface area contributed by atoms with Crippen molar-refractivity contribution in [2.24, 2.45) is 5.92 Å². The first-order chi connectivity index (χ1) is 7.70. The molecule has 2 heteroatoms. The van der Waals surface area contributed by atoms with Gasteiger partial charge in [0.05, 0.1) is 5.52 Å². The molecular weight excluding hydrogens is 196 g/mol. The summed E-state index contributed by atoms with van der Waals surface area (Å²) in [5, 5.41) is 4.44. The summed E-state index contributed by atoms with van der Waals surface area (Å²) in [6.45, 7) is 4.44. The Morgan fingerprint density at radius 1 is 1.25 bits per heavy atom. The molecule has 0 amide bonds. The van der Waals surface area contributed by atoms with E-state index < -0.39 is 0 Å². The molecule has 0 aliphatic carbocycles. The number of aromatic nitrogens is 1. The van der Waals surface area contributed by atoms with Crippen LogP contribution in [0.5, 0.6) is 0 Å². The van der Waals surface area contributed by atoms with Crippen molar-refractivity contribution in [2.45, 2.75) is 20.3 Å². The highest BCUT2D eigenvalue weighted by molar-refractivity contribution is 5.91. The zero-order chi connectivity index (χ0) is 11.5. The summed E-state index contributed by atoms with van der Waals surface area (Å²) < 4.78 is 0. The lowest BCUT2D eigenvalue weighted by molar-refractivity contribution is 0.637. The first-order valence-electron chi connectivity index (χ1n) is 5.77. The van der Waals surface area contributed by atoms with Crippen molar-refractivity contribution < 1.29 is 0 Å². The number of hydrogen-bond acceptors (Lipinski definition) is 2. The van der Waals surface area contributed by atoms with E-state index in [0.29, 0.717) is 5.92 Å². The third kappa shape index (κ3) is 2.16. The Kier molecular flexibility index (Phi) is 3.09. The van der Waals surface area contributed by atoms with E-state index in [0.717, 1.165) is 17.6 Å². The van der Waals surface area contributed by atoms with Gasteiger partial charge in [0.25, 0.3) is 0 Å². The van der Waals surface area contributed by atoms with E-state index in [1.807, 2.05) is 19.2 Å². The van der Waals surface area contributed by atoms with Gasteiger partial charge in [0.1, 0.15) is 0 Å². The molecule has 1 aromatic carbocycles. The quantitative estimate of drug-likeness (QED) is 0.846. The van der Waals surface area contributed by atoms with Gasteiger partial charge in [-0.25, -0.2) is 0 Å². The van der Waals surface area contributed by atoms with Gasteiger partial charge >= 0.3 is 0 Å². The molecule has 2 nitrogen and oxygen atoms in total. The number of para-hydroxylation sites is 1. The van der Waals surface area contributed by atoms with Crippen molar-refractivity contribution in [2.75, 3.05) is 12.4 Å². The number of anilines is 1. The Hall–Kier alpha value is -1.57. The molecule has 0 saturated carbocycles. The summed E-state index contributed by atoms with van der Waals surface area (Å²) in [7, 11) is 1.96. The number of nitrogens with one attached hydrogen (secondary N) is 1. The smallest absolute Gasteiger partial charge is 0.0726 e. The molecule has 0 radical (unpaired) electrons. The fraction of sp³-hybridized carbons (Fsp3) is 0.357. The fourth-order valence-corrected chi connectivity index (χ4v) is 1.96. The highest BCUT2D eigenvalue weighted by Gasteiger charge is 2.05. The molecule has 0 atom stereocenters. The highest BCUT2D eigenvalue weighted by atomic mass is 14.8. The van der Waals surface area contributed by atoms with Crippen LogP contribution in [0.2, 0.25) is 0 Å². The summed E-state index contributed by atoms with van der Waals surface area (Å²) >= 11 is 0. The lowest BCUT2D eigenvalue weighted by atomic mass is 10.1. The Morgan fingerprint density at radius 2 is 2.00 bits per heavy atom. The lowest BCUT2D eigenvalue weighted by Crippen LogP contribution is -2.00. The zero-order valence-corrected chi connectivity index (χ0v) is 10.1. The molecular formula is C14H18N2. The average Bonchev–Trinajstić information content (AvgIpc) is 2.27. The highest BCUT2D eigenvalue weighted by Crippen LogP contribution is 2.23. The molecule has 84 valence electrons. The van der Waals surface area contributed by atoms with Crippen LogP contribution in [0.4, 0.5) is 5.69 Å². The maximum atomic E-state index is 4.68. The number of pyridine rings is 1. The summed E-state index contributed by atoms with van der Waals surface area (Å²) in [5.41, 5.74) is 3.41. The number of fused-ring (bicyclic) bond motifs is 1. The van der Waals surface area contributed by atoms with Crippen molar-refractivity contribution in [3.05, 3.63) is 36.0 Å². The second-order valence-electron chi connectivity index (χ2n) is 4.53. The van der Waals surface area contributed by atoms with Gasteiger partial charge < -0.3 is 5.32 Å². The van der Waals surface area contributed by atoms with E-state index in [2.05, 4.69) is 42.3 Å². The van der Waals surface area contributed by atoms with Gasteiger partial charge in [0, 0.05) is 23.8 Å². The monoisotopic (exact) mass is 214 g/mol. The van der Waals surface area contributed by atoms with E-state index in [1.165, 1.54) is 11.1 Å². The molecule has 1 aromatic heterocycles. The first-order valence-corrected chi connectivity index (χ1v) is 5.77. The minimum atomic E-state index is 0.637. The summed E-state index contributed by atoms with van der Waals surface area (Å²) in [4.78, 5) is 4.68. The molecule has 0 aliphatic heterocycles. The second kappa shape index (κ2) is 4.52. The Labute approximate surface area is 96.7 Å². The van der Waals surface area contributed by atoms with Crippen molar-refractivity contribution in [3.63, 3.8) is 0 Å². The Morgan fingerprint density at radius 3 is 2.69 bits per heavy atom. The van der Waals surface area contributed by atoms with Crippen LogP contribution in [0, 0.1) is 5.92 Å². The van der Waals surface area contributed by atoms with Crippen molar-refractivity contribution in [3.8, 4) is 0 Å². The lowest BCUT2D eigenvalue weighted by Gasteiger charge is -2.10. The summed E-state index contributed by atoms with van der Waals surface area (Å²) in [6, 6.07) is 10.4. The van der Waals surface area contributed by atoms with Crippen molar-refractivity contribution >= 4 is 16.6 Å². The molecule has 2 rings (SSSR count). The maximum Gasteiger partial charge on any atom is 0.0726 e. The van der Waals surface area contributed by atoms with Crippen molar-refractivity contribution in [1.82, 2.24) is 4.98 Å². The van der Waals surface area contributed by atoms with Crippen LogP contribution in [0.1, 0.15) is 19.5 Å². The second-order valence-corrected chi connectivity index (χ2v) is 4.53. The molecule has 16 heavy (non-hydrogen) atoms. The largest absolute Gasteiger partial charge is 0.388 e. The normalized spacial score (nSPS) is 11.0. The van der Waals surface area contributed by atoms with Crippen LogP contribution in [0.25, 0.3) is 10.9 Å². The third-order valence-electron chi connectivity index (χ3n) is 2.66. The number of rotatable bonds is 3. The summed E-state index contributed by atoms with van der Waals surface area (Å²) in [5.74, 6) is 0.637. The molecule has 0 fully saturated rings. The Bertz CT molecular complexity index is 489. The average molecular weight is 214 g/mol. The van der Waals surface area contributed by atoms with Crippen LogP contribution in [-0.2, 0) is 6.42 Å². The van der Waals surface area contributed by atoms with Gasteiger partial charge in [-0.05, 0) is 24.5 Å². The minimum absolute atomic E-state index is 0.637.